The van der Waals surface area contributed by atoms with Crippen molar-refractivity contribution in [1.29, 1.82) is 0 Å². The molecule has 0 spiro atoms. The van der Waals surface area contributed by atoms with Crippen LogP contribution in [-0.4, -0.2) is 15.1 Å². The quantitative estimate of drug-likeness (QED) is 0.184. The summed E-state index contributed by atoms with van der Waals surface area (Å²) in [6, 6.07) is 81.0. The van der Waals surface area contributed by atoms with Gasteiger partial charge in [0.1, 0.15) is 5.60 Å². The minimum atomic E-state index is -1.34. The van der Waals surface area contributed by atoms with Crippen molar-refractivity contribution < 1.29 is 5.11 Å². The number of benzene rings is 8. The number of para-hydroxylation sites is 2. The molecule has 0 fully saturated rings. The number of aromatic nitrogens is 2. The van der Waals surface area contributed by atoms with Gasteiger partial charge in [-0.25, -0.2) is 9.97 Å². The van der Waals surface area contributed by atoms with Gasteiger partial charge < -0.3 is 5.11 Å². The van der Waals surface area contributed by atoms with Crippen LogP contribution in [0, 0.1) is 0 Å². The van der Waals surface area contributed by atoms with Crippen LogP contribution in [0.5, 0.6) is 0 Å². The van der Waals surface area contributed by atoms with E-state index >= 15 is 0 Å². The van der Waals surface area contributed by atoms with Gasteiger partial charge in [-0.2, -0.15) is 0 Å². The molecule has 1 N–H and O–H groups in total. The molecule has 2 aromatic heterocycles. The van der Waals surface area contributed by atoms with Crippen LogP contribution in [-0.2, 0) is 11.0 Å². The van der Waals surface area contributed by atoms with Crippen molar-refractivity contribution in [2.24, 2.45) is 0 Å². The highest BCUT2D eigenvalue weighted by Gasteiger charge is 2.47. The Balaban J connectivity index is 0.000000143. The van der Waals surface area contributed by atoms with Crippen LogP contribution >= 0.6 is 0 Å². The minimum absolute atomic E-state index is 0.370. The highest BCUT2D eigenvalue weighted by Crippen LogP contribution is 2.56. The lowest BCUT2D eigenvalue weighted by atomic mass is 9.68. The van der Waals surface area contributed by atoms with Crippen molar-refractivity contribution in [2.75, 3.05) is 0 Å². The molecular formula is C56H40N2O. The van der Waals surface area contributed by atoms with E-state index in [1.54, 1.807) is 0 Å². The molecule has 0 aliphatic heterocycles. The van der Waals surface area contributed by atoms with Crippen molar-refractivity contribution in [2.45, 2.75) is 11.0 Å². The average molecular weight is 757 g/mol. The van der Waals surface area contributed by atoms with Gasteiger partial charge in [-0.1, -0.05) is 212 Å². The van der Waals surface area contributed by atoms with Crippen LogP contribution in [0.1, 0.15) is 38.9 Å². The largest absolute Gasteiger partial charge is 0.376 e. The van der Waals surface area contributed by atoms with E-state index in [0.717, 1.165) is 50.1 Å². The zero-order chi connectivity index (χ0) is 39.7. The predicted molar refractivity (Wildman–Crippen MR) is 241 cm³/mol. The van der Waals surface area contributed by atoms with E-state index in [-0.39, 0.29) is 5.41 Å². The van der Waals surface area contributed by atoms with Gasteiger partial charge in [-0.05, 0) is 57.6 Å². The first-order valence-electron chi connectivity index (χ1n) is 20.1. The molecule has 8 aromatic carbocycles. The fraction of sp³-hybridized carbons (Fsp3) is 0.0357. The molecule has 1 aliphatic carbocycles. The maximum atomic E-state index is 12.4. The smallest absolute Gasteiger partial charge is 0.142 e. The topological polar surface area (TPSA) is 46.0 Å². The van der Waals surface area contributed by atoms with Gasteiger partial charge in [0.15, 0.2) is 0 Å². The van der Waals surface area contributed by atoms with E-state index in [1.165, 1.54) is 33.2 Å². The fourth-order valence-electron chi connectivity index (χ4n) is 8.98. The van der Waals surface area contributed by atoms with Gasteiger partial charge in [0, 0.05) is 27.5 Å². The van der Waals surface area contributed by atoms with E-state index in [9.17, 15) is 5.11 Å². The lowest BCUT2D eigenvalue weighted by Gasteiger charge is -2.33. The van der Waals surface area contributed by atoms with Crippen molar-refractivity contribution in [3.63, 3.8) is 0 Å². The third kappa shape index (κ3) is 6.12. The van der Waals surface area contributed by atoms with Crippen LogP contribution in [0.2, 0.25) is 0 Å². The summed E-state index contributed by atoms with van der Waals surface area (Å²) >= 11 is 0. The van der Waals surface area contributed by atoms with E-state index in [2.05, 4.69) is 121 Å². The third-order valence-electron chi connectivity index (χ3n) is 11.7. The Morgan fingerprint density at radius 3 is 1.36 bits per heavy atom. The summed E-state index contributed by atoms with van der Waals surface area (Å²) in [6.07, 6.45) is 0. The molecule has 0 saturated heterocycles. The Labute approximate surface area is 344 Å². The minimum Gasteiger partial charge on any atom is -0.376 e. The first-order valence-corrected chi connectivity index (χ1v) is 20.1. The average Bonchev–Trinajstić information content (AvgIpc) is 3.61. The van der Waals surface area contributed by atoms with Gasteiger partial charge in [0.05, 0.1) is 27.8 Å². The van der Waals surface area contributed by atoms with Crippen LogP contribution in [0.15, 0.2) is 237 Å². The Morgan fingerprint density at radius 1 is 0.373 bits per heavy atom. The molecule has 11 rings (SSSR count). The molecule has 0 radical (unpaired) electrons. The molecule has 280 valence electrons. The van der Waals surface area contributed by atoms with Crippen molar-refractivity contribution in [3.05, 3.63) is 276 Å². The summed E-state index contributed by atoms with van der Waals surface area (Å²) in [7, 11) is 0. The number of hydrogen-bond donors (Lipinski definition) is 1. The third-order valence-corrected chi connectivity index (χ3v) is 11.7. The molecular weight excluding hydrogens is 717 g/mol. The second-order valence-corrected chi connectivity index (χ2v) is 15.0. The first kappa shape index (κ1) is 35.9. The molecule has 0 unspecified atom stereocenters. The Hall–Kier alpha value is -7.46. The summed E-state index contributed by atoms with van der Waals surface area (Å²) < 4.78 is 0. The standard InChI is InChI=1S/C28H21NO.C28H19N/c30-28(23-15-6-2-7-16-23,24-17-8-3-9-18-24)25-20-22-14-10-11-19-26(22)29-27(25)21-12-4-1-5-13-21;1-3-12-21(13-4-1)28(22-14-5-2-6-15-22)24-17-9-8-16-23(24)27-25(28)19-20-11-7-10-18-26(20)29-27/h1-20,30H;1-19H. The Morgan fingerprint density at radius 2 is 0.797 bits per heavy atom. The number of fused-ring (bicyclic) bond motifs is 5. The van der Waals surface area contributed by atoms with Crippen LogP contribution < -0.4 is 0 Å². The molecule has 1 aliphatic rings. The number of aliphatic hydroxyl groups is 1. The summed E-state index contributed by atoms with van der Waals surface area (Å²) in [4.78, 5) is 10.1. The van der Waals surface area contributed by atoms with Gasteiger partial charge in [-0.3, -0.25) is 0 Å². The highest BCUT2D eigenvalue weighted by molar-refractivity contribution is 5.91. The summed E-state index contributed by atoms with van der Waals surface area (Å²) in [5, 5.41) is 14.6. The fourth-order valence-corrected chi connectivity index (χ4v) is 8.98. The second-order valence-electron chi connectivity index (χ2n) is 15.0. The van der Waals surface area contributed by atoms with Crippen LogP contribution in [0.25, 0.3) is 44.3 Å². The van der Waals surface area contributed by atoms with Gasteiger partial charge >= 0.3 is 0 Å². The van der Waals surface area contributed by atoms with E-state index in [0.29, 0.717) is 0 Å². The SMILES string of the molecule is OC(c1ccccc1)(c1ccccc1)c1cc2ccccc2nc1-c1ccccc1.c1ccc(C2(c3ccccc3)c3ccccc3-c3nc4ccccc4cc32)cc1. The molecule has 2 heterocycles. The maximum absolute atomic E-state index is 12.4. The molecule has 3 heteroatoms. The molecule has 59 heavy (non-hydrogen) atoms. The molecule has 0 amide bonds. The first-order chi connectivity index (χ1) is 29.2. The monoisotopic (exact) mass is 756 g/mol. The maximum Gasteiger partial charge on any atom is 0.142 e. The zero-order valence-electron chi connectivity index (χ0n) is 32.4. The molecule has 3 nitrogen and oxygen atoms in total. The normalized spacial score (nSPS) is 12.6. The lowest BCUT2D eigenvalue weighted by Crippen LogP contribution is -2.30. The van der Waals surface area contributed by atoms with Crippen molar-refractivity contribution in [1.82, 2.24) is 9.97 Å². The van der Waals surface area contributed by atoms with Crippen LogP contribution in [0.3, 0.4) is 0 Å². The molecule has 10 aromatic rings. The highest BCUT2D eigenvalue weighted by atomic mass is 16.3. The number of nitrogens with zero attached hydrogens (tertiary/aromatic N) is 2. The number of pyridine rings is 2. The summed E-state index contributed by atoms with van der Waals surface area (Å²) in [5.41, 5.74) is 11.8. The molecule has 0 saturated carbocycles. The van der Waals surface area contributed by atoms with Gasteiger partial charge in [0.25, 0.3) is 0 Å². The van der Waals surface area contributed by atoms with E-state index < -0.39 is 5.60 Å². The van der Waals surface area contributed by atoms with Gasteiger partial charge in [-0.15, -0.1) is 0 Å². The summed E-state index contributed by atoms with van der Waals surface area (Å²) in [5.74, 6) is 0. The lowest BCUT2D eigenvalue weighted by molar-refractivity contribution is 0.126. The van der Waals surface area contributed by atoms with Crippen LogP contribution in [0.4, 0.5) is 0 Å². The van der Waals surface area contributed by atoms with Crippen molar-refractivity contribution >= 4 is 21.8 Å². The van der Waals surface area contributed by atoms with Crippen molar-refractivity contribution in [3.8, 4) is 22.5 Å². The second kappa shape index (κ2) is 15.1. The van der Waals surface area contributed by atoms with Gasteiger partial charge in [0.2, 0.25) is 0 Å². The Kier molecular flexibility index (Phi) is 9.21. The number of rotatable bonds is 6. The predicted octanol–water partition coefficient (Wildman–Crippen LogP) is 12.8. The molecule has 0 atom stereocenters. The van der Waals surface area contributed by atoms with E-state index in [4.69, 9.17) is 9.97 Å². The summed E-state index contributed by atoms with van der Waals surface area (Å²) in [6.45, 7) is 0. The zero-order valence-corrected chi connectivity index (χ0v) is 32.4. The number of hydrogen-bond acceptors (Lipinski definition) is 3. The van der Waals surface area contributed by atoms with E-state index in [1.807, 2.05) is 115 Å². The molecule has 0 bridgehead atoms. The Bertz CT molecular complexity index is 2960.